The molecule has 37 heavy (non-hydrogen) atoms. The van der Waals surface area contributed by atoms with Crippen LogP contribution in [0.25, 0.3) is 4.85 Å². The summed E-state index contributed by atoms with van der Waals surface area (Å²) < 4.78 is 50.3. The number of aromatic amines is 1. The van der Waals surface area contributed by atoms with E-state index in [1.165, 1.54) is 6.20 Å². The van der Waals surface area contributed by atoms with E-state index in [-0.39, 0.29) is 55.7 Å². The Morgan fingerprint density at radius 1 is 1.41 bits per heavy atom. The van der Waals surface area contributed by atoms with Gasteiger partial charge < -0.3 is 24.6 Å². The molecular weight excluding hydrogens is 495 g/mol. The fourth-order valence-corrected chi connectivity index (χ4v) is 4.32. The zero-order valence-corrected chi connectivity index (χ0v) is 20.0. The first-order valence-electron chi connectivity index (χ1n) is 11.7. The number of amides is 1. The summed E-state index contributed by atoms with van der Waals surface area (Å²) in [5, 5.41) is 8.90. The van der Waals surface area contributed by atoms with Crippen molar-refractivity contribution in [2.24, 2.45) is 0 Å². The summed E-state index contributed by atoms with van der Waals surface area (Å²) in [6.07, 6.45) is -1.62. The van der Waals surface area contributed by atoms with Crippen LogP contribution < -0.4 is 20.5 Å². The summed E-state index contributed by atoms with van der Waals surface area (Å²) in [4.78, 5) is 35.3. The zero-order chi connectivity index (χ0) is 26.6. The van der Waals surface area contributed by atoms with E-state index in [2.05, 4.69) is 25.3 Å². The molecule has 1 saturated heterocycles. The molecule has 1 amide bonds. The topological polar surface area (TPSA) is 117 Å². The Morgan fingerprint density at radius 3 is 2.97 bits per heavy atom. The molecule has 2 aromatic rings. The van der Waals surface area contributed by atoms with Gasteiger partial charge in [0.05, 0.1) is 56.3 Å². The maximum atomic E-state index is 13.1. The molecule has 11 nitrogen and oxygen atoms in total. The highest BCUT2D eigenvalue weighted by molar-refractivity contribution is 5.77. The predicted octanol–water partition coefficient (Wildman–Crippen LogP) is 2.44. The lowest BCUT2D eigenvalue weighted by molar-refractivity contribution is -0.138. The van der Waals surface area contributed by atoms with Gasteiger partial charge in [-0.2, -0.15) is 18.3 Å². The minimum atomic E-state index is -4.50. The number of carbonyl (C=O) groups is 1. The molecule has 2 atom stereocenters. The summed E-state index contributed by atoms with van der Waals surface area (Å²) in [7, 11) is 0. The first kappa shape index (κ1) is 26.2. The van der Waals surface area contributed by atoms with Crippen LogP contribution in [0.3, 0.4) is 0 Å². The summed E-state index contributed by atoms with van der Waals surface area (Å²) in [6, 6.07) is 0.622. The summed E-state index contributed by atoms with van der Waals surface area (Å²) in [5.41, 5.74) is -1.21. The van der Waals surface area contributed by atoms with Gasteiger partial charge in [0.2, 0.25) is 5.91 Å². The minimum absolute atomic E-state index is 0.0832. The molecule has 2 aromatic heterocycles. The van der Waals surface area contributed by atoms with Gasteiger partial charge in [0.15, 0.2) is 11.6 Å². The maximum Gasteiger partial charge on any atom is 0.418 e. The number of H-pyrrole nitrogens is 1. The van der Waals surface area contributed by atoms with E-state index >= 15 is 0 Å². The number of hydrogen-bond donors (Lipinski definition) is 2. The number of nitrogens with zero attached hydrogens (tertiary/aromatic N) is 5. The smallest absolute Gasteiger partial charge is 0.418 e. The van der Waals surface area contributed by atoms with Crippen molar-refractivity contribution >= 4 is 23.1 Å². The molecule has 0 aromatic carbocycles. The van der Waals surface area contributed by atoms with Gasteiger partial charge in [-0.05, 0) is 13.0 Å². The molecule has 1 fully saturated rings. The molecule has 0 radical (unpaired) electrons. The van der Waals surface area contributed by atoms with Gasteiger partial charge in [-0.15, -0.1) is 0 Å². The lowest BCUT2D eigenvalue weighted by atomic mass is 10.1. The molecule has 2 aliphatic rings. The van der Waals surface area contributed by atoms with E-state index in [0.29, 0.717) is 37.6 Å². The molecule has 0 spiro atoms. The molecule has 0 unspecified atom stereocenters. The summed E-state index contributed by atoms with van der Waals surface area (Å²) >= 11 is 0. The Kier molecular flexibility index (Phi) is 7.82. The van der Waals surface area contributed by atoms with E-state index in [9.17, 15) is 22.8 Å². The number of halogens is 3. The Morgan fingerprint density at radius 2 is 2.22 bits per heavy atom. The van der Waals surface area contributed by atoms with E-state index < -0.39 is 17.3 Å². The number of pyridine rings is 1. The number of carbonyl (C=O) groups excluding carboxylic acids is 1. The van der Waals surface area contributed by atoms with Gasteiger partial charge in [-0.1, -0.05) is 0 Å². The monoisotopic (exact) mass is 521 g/mol. The van der Waals surface area contributed by atoms with Crippen LogP contribution >= 0.6 is 0 Å². The van der Waals surface area contributed by atoms with Crippen LogP contribution in [-0.4, -0.2) is 77.5 Å². The van der Waals surface area contributed by atoms with Crippen LogP contribution in [0, 0.1) is 6.57 Å². The second-order valence-corrected chi connectivity index (χ2v) is 8.81. The standard InChI is InChI=1S/C23H26F3N7O4/c1-14(30-17-11-29-31-22(35)20(17)27-2)13-36-7-4-19(34)32-5-6-33-16(12-32)3-8-37-18-9-15(23(24,25)26)10-28-21(18)33/h9-11,14,16H,3-8,12-13H2,1H3,(H2,30,31,35)/t14-,16-/m0/s1. The third-order valence-corrected chi connectivity index (χ3v) is 6.15. The van der Waals surface area contributed by atoms with Crippen LogP contribution in [0.15, 0.2) is 23.3 Å². The van der Waals surface area contributed by atoms with Gasteiger partial charge in [0.1, 0.15) is 0 Å². The quantitative estimate of drug-likeness (QED) is 0.422. The average Bonchev–Trinajstić information content (AvgIpc) is 3.04. The predicted molar refractivity (Wildman–Crippen MR) is 127 cm³/mol. The third-order valence-electron chi connectivity index (χ3n) is 6.15. The van der Waals surface area contributed by atoms with Crippen molar-refractivity contribution in [3.05, 3.63) is 45.8 Å². The van der Waals surface area contributed by atoms with Gasteiger partial charge in [-0.25, -0.2) is 9.83 Å². The average molecular weight is 522 g/mol. The van der Waals surface area contributed by atoms with E-state index in [1.807, 2.05) is 11.8 Å². The Hall–Kier alpha value is -3.86. The Labute approximate surface area is 210 Å². The fraction of sp³-hybridized carbons (Fsp3) is 0.522. The number of alkyl halides is 3. The SMILES string of the molecule is [C-]#[N+]c1c(N[C@@H](C)COCCC(=O)N2CCN3c4ncc(C(F)(F)F)cc4OCC[C@H]3C2)cn[nH]c1=O. The Balaban J connectivity index is 1.26. The molecule has 4 heterocycles. The summed E-state index contributed by atoms with van der Waals surface area (Å²) in [5.74, 6) is 0.386. The first-order valence-corrected chi connectivity index (χ1v) is 11.7. The molecule has 4 rings (SSSR count). The van der Waals surface area contributed by atoms with Crippen LogP contribution in [0.1, 0.15) is 25.3 Å². The van der Waals surface area contributed by atoms with Crippen LogP contribution in [0.5, 0.6) is 5.75 Å². The van der Waals surface area contributed by atoms with Crippen molar-refractivity contribution in [2.75, 3.05) is 49.7 Å². The lowest BCUT2D eigenvalue weighted by Crippen LogP contribution is -2.55. The van der Waals surface area contributed by atoms with Crippen molar-refractivity contribution in [1.82, 2.24) is 20.1 Å². The molecule has 198 valence electrons. The van der Waals surface area contributed by atoms with Gasteiger partial charge in [0.25, 0.3) is 11.2 Å². The summed E-state index contributed by atoms with van der Waals surface area (Å²) in [6.45, 7) is 10.9. The molecular formula is C23H26F3N7O4. The van der Waals surface area contributed by atoms with Gasteiger partial charge in [-0.3, -0.25) is 14.7 Å². The number of hydrogen-bond acceptors (Lipinski definition) is 8. The maximum absolute atomic E-state index is 13.1. The first-order chi connectivity index (χ1) is 17.7. The van der Waals surface area contributed by atoms with Crippen molar-refractivity contribution in [3.8, 4) is 5.75 Å². The van der Waals surface area contributed by atoms with Crippen LogP contribution in [0.4, 0.5) is 30.4 Å². The highest BCUT2D eigenvalue weighted by atomic mass is 19.4. The second-order valence-electron chi connectivity index (χ2n) is 8.81. The molecule has 2 N–H and O–H groups in total. The largest absolute Gasteiger partial charge is 0.490 e. The van der Waals surface area contributed by atoms with Crippen molar-refractivity contribution in [2.45, 2.75) is 38.0 Å². The third kappa shape index (κ3) is 6.11. The fourth-order valence-electron chi connectivity index (χ4n) is 4.32. The van der Waals surface area contributed by atoms with E-state index in [1.54, 1.807) is 4.90 Å². The van der Waals surface area contributed by atoms with E-state index in [0.717, 1.165) is 12.3 Å². The van der Waals surface area contributed by atoms with Crippen LogP contribution in [-0.2, 0) is 15.7 Å². The number of anilines is 2. The number of piperazine rings is 1. The number of aromatic nitrogens is 3. The van der Waals surface area contributed by atoms with Crippen molar-refractivity contribution in [1.29, 1.82) is 0 Å². The lowest BCUT2D eigenvalue weighted by Gasteiger charge is -2.41. The molecule has 2 aliphatic heterocycles. The minimum Gasteiger partial charge on any atom is -0.490 e. The molecule has 0 aliphatic carbocycles. The highest BCUT2D eigenvalue weighted by Crippen LogP contribution is 2.38. The van der Waals surface area contributed by atoms with Gasteiger partial charge in [0, 0.05) is 38.3 Å². The zero-order valence-electron chi connectivity index (χ0n) is 20.0. The molecule has 0 saturated carbocycles. The number of rotatable bonds is 7. The second kappa shape index (κ2) is 11.0. The number of nitrogens with one attached hydrogen (secondary N) is 2. The highest BCUT2D eigenvalue weighted by Gasteiger charge is 2.36. The Bertz CT molecular complexity index is 1230. The van der Waals surface area contributed by atoms with Crippen LogP contribution in [0.2, 0.25) is 0 Å². The van der Waals surface area contributed by atoms with Gasteiger partial charge >= 0.3 is 6.18 Å². The van der Waals surface area contributed by atoms with Crippen molar-refractivity contribution < 1.29 is 27.4 Å². The number of ether oxygens (including phenoxy) is 2. The van der Waals surface area contributed by atoms with Crippen molar-refractivity contribution in [3.63, 3.8) is 0 Å². The molecule has 0 bridgehead atoms. The number of fused-ring (bicyclic) bond motifs is 3. The molecule has 14 heteroatoms. The normalized spacial score (nSPS) is 18.1. The van der Waals surface area contributed by atoms with E-state index in [4.69, 9.17) is 16.0 Å².